The highest BCUT2D eigenvalue weighted by Crippen LogP contribution is 2.16. The number of urea groups is 1. The lowest BCUT2D eigenvalue weighted by molar-refractivity contribution is 0.222. The number of carbonyl (C=O) groups excluding carboxylic acids is 1. The maximum absolute atomic E-state index is 13.2. The van der Waals surface area contributed by atoms with Gasteiger partial charge in [0.1, 0.15) is 11.6 Å². The molecule has 1 N–H and O–H groups in total. The SMILES string of the molecule is CN(CCc1noc(COc2ccc(Cl)cc2)n1)C(=O)Nc1cccc(F)c1. The Morgan fingerprint density at radius 1 is 1.29 bits per heavy atom. The highest BCUT2D eigenvalue weighted by Gasteiger charge is 2.12. The van der Waals surface area contributed by atoms with Crippen LogP contribution >= 0.6 is 11.6 Å². The van der Waals surface area contributed by atoms with Crippen LogP contribution in [0.3, 0.4) is 0 Å². The molecule has 0 saturated carbocycles. The summed E-state index contributed by atoms with van der Waals surface area (Å²) in [5.74, 6) is 1.01. The van der Waals surface area contributed by atoms with E-state index in [0.717, 1.165) is 0 Å². The first-order valence-electron chi connectivity index (χ1n) is 8.47. The van der Waals surface area contributed by atoms with Crippen molar-refractivity contribution in [1.82, 2.24) is 15.0 Å². The molecule has 0 atom stereocenters. The number of rotatable bonds is 7. The molecule has 9 heteroatoms. The minimum atomic E-state index is -0.416. The maximum Gasteiger partial charge on any atom is 0.321 e. The van der Waals surface area contributed by atoms with Gasteiger partial charge in [-0.2, -0.15) is 4.98 Å². The predicted octanol–water partition coefficient (Wildman–Crippen LogP) is 4.15. The Bertz CT molecular complexity index is 933. The Kier molecular flexibility index (Phi) is 6.44. The van der Waals surface area contributed by atoms with Gasteiger partial charge < -0.3 is 19.5 Å². The van der Waals surface area contributed by atoms with Gasteiger partial charge in [0.05, 0.1) is 0 Å². The molecule has 0 spiro atoms. The molecule has 0 aliphatic rings. The fourth-order valence-electron chi connectivity index (χ4n) is 2.28. The lowest BCUT2D eigenvalue weighted by Gasteiger charge is -2.17. The van der Waals surface area contributed by atoms with Gasteiger partial charge in [-0.15, -0.1) is 0 Å². The molecule has 7 nitrogen and oxygen atoms in total. The number of likely N-dealkylation sites (N-methyl/N-ethyl adjacent to an activating group) is 1. The number of benzene rings is 2. The van der Waals surface area contributed by atoms with E-state index in [-0.39, 0.29) is 12.6 Å². The van der Waals surface area contributed by atoms with Gasteiger partial charge in [0.15, 0.2) is 12.4 Å². The average molecular weight is 405 g/mol. The van der Waals surface area contributed by atoms with E-state index in [2.05, 4.69) is 15.5 Å². The quantitative estimate of drug-likeness (QED) is 0.639. The first-order valence-corrected chi connectivity index (χ1v) is 8.85. The lowest BCUT2D eigenvalue weighted by atomic mass is 10.3. The average Bonchev–Trinajstić information content (AvgIpc) is 3.13. The number of anilines is 1. The van der Waals surface area contributed by atoms with Crippen molar-refractivity contribution in [2.24, 2.45) is 0 Å². The monoisotopic (exact) mass is 404 g/mol. The van der Waals surface area contributed by atoms with E-state index in [1.54, 1.807) is 37.4 Å². The van der Waals surface area contributed by atoms with Crippen molar-refractivity contribution in [2.75, 3.05) is 18.9 Å². The second-order valence-corrected chi connectivity index (χ2v) is 6.40. The zero-order valence-electron chi connectivity index (χ0n) is 15.1. The zero-order valence-corrected chi connectivity index (χ0v) is 15.8. The normalized spacial score (nSPS) is 10.5. The molecule has 0 radical (unpaired) electrons. The van der Waals surface area contributed by atoms with Crippen molar-refractivity contribution in [3.05, 3.63) is 71.1 Å². The summed E-state index contributed by atoms with van der Waals surface area (Å²) in [5.41, 5.74) is 0.387. The van der Waals surface area contributed by atoms with Crippen molar-refractivity contribution in [1.29, 1.82) is 0 Å². The predicted molar refractivity (Wildman–Crippen MR) is 102 cm³/mol. The van der Waals surface area contributed by atoms with E-state index in [1.807, 2.05) is 0 Å². The van der Waals surface area contributed by atoms with Gasteiger partial charge in [-0.3, -0.25) is 0 Å². The topological polar surface area (TPSA) is 80.5 Å². The van der Waals surface area contributed by atoms with E-state index >= 15 is 0 Å². The van der Waals surface area contributed by atoms with Crippen LogP contribution < -0.4 is 10.1 Å². The second kappa shape index (κ2) is 9.18. The van der Waals surface area contributed by atoms with Gasteiger partial charge in [0.2, 0.25) is 0 Å². The molecule has 1 aromatic heterocycles. The molecule has 2 amide bonds. The molecule has 0 fully saturated rings. The van der Waals surface area contributed by atoms with Crippen LogP contribution in [-0.4, -0.2) is 34.7 Å². The summed E-state index contributed by atoms with van der Waals surface area (Å²) in [6, 6.07) is 12.3. The number of aromatic nitrogens is 2. The van der Waals surface area contributed by atoms with Crippen LogP contribution in [0, 0.1) is 5.82 Å². The number of hydrogen-bond donors (Lipinski definition) is 1. The van der Waals surface area contributed by atoms with Crippen molar-refractivity contribution in [3.8, 4) is 5.75 Å². The van der Waals surface area contributed by atoms with E-state index in [9.17, 15) is 9.18 Å². The Labute approximate surface area is 166 Å². The first kappa shape index (κ1) is 19.6. The minimum absolute atomic E-state index is 0.129. The lowest BCUT2D eigenvalue weighted by Crippen LogP contribution is -2.33. The minimum Gasteiger partial charge on any atom is -0.484 e. The van der Waals surface area contributed by atoms with Gasteiger partial charge in [0.25, 0.3) is 5.89 Å². The van der Waals surface area contributed by atoms with Crippen LogP contribution in [0.4, 0.5) is 14.9 Å². The fraction of sp³-hybridized carbons (Fsp3) is 0.211. The summed E-state index contributed by atoms with van der Waals surface area (Å²) >= 11 is 5.82. The summed E-state index contributed by atoms with van der Waals surface area (Å²) in [4.78, 5) is 17.8. The Balaban J connectivity index is 1.45. The molecule has 0 aliphatic carbocycles. The summed E-state index contributed by atoms with van der Waals surface area (Å²) < 4.78 is 23.9. The van der Waals surface area contributed by atoms with Crippen molar-refractivity contribution in [3.63, 3.8) is 0 Å². The van der Waals surface area contributed by atoms with Crippen LogP contribution in [0.5, 0.6) is 5.75 Å². The zero-order chi connectivity index (χ0) is 19.9. The number of hydrogen-bond acceptors (Lipinski definition) is 5. The number of carbonyl (C=O) groups is 1. The number of amides is 2. The fourth-order valence-corrected chi connectivity index (χ4v) is 2.41. The standard InChI is InChI=1S/C19H18ClFN4O3/c1-25(19(26)22-15-4-2-3-14(21)11-15)10-9-17-23-18(28-24-17)12-27-16-7-5-13(20)6-8-16/h2-8,11H,9-10,12H2,1H3,(H,22,26). The molecule has 28 heavy (non-hydrogen) atoms. The molecule has 0 bridgehead atoms. The van der Waals surface area contributed by atoms with Crippen LogP contribution in [0.1, 0.15) is 11.7 Å². The summed E-state index contributed by atoms with van der Waals surface area (Å²) in [6.07, 6.45) is 0.400. The van der Waals surface area contributed by atoms with Gasteiger partial charge in [-0.1, -0.05) is 22.8 Å². The number of ether oxygens (including phenoxy) is 1. The molecule has 0 aliphatic heterocycles. The maximum atomic E-state index is 13.2. The van der Waals surface area contributed by atoms with Crippen molar-refractivity contribution in [2.45, 2.75) is 13.0 Å². The molecule has 146 valence electrons. The summed E-state index contributed by atoms with van der Waals surface area (Å²) in [6.45, 7) is 0.489. The smallest absolute Gasteiger partial charge is 0.321 e. The molecule has 0 saturated heterocycles. The van der Waals surface area contributed by atoms with E-state index in [0.29, 0.717) is 41.1 Å². The number of nitrogens with one attached hydrogen (secondary N) is 1. The molecule has 0 unspecified atom stereocenters. The van der Waals surface area contributed by atoms with Gasteiger partial charge in [-0.05, 0) is 42.5 Å². The van der Waals surface area contributed by atoms with Gasteiger partial charge in [-0.25, -0.2) is 9.18 Å². The van der Waals surface area contributed by atoms with Crippen molar-refractivity contribution < 1.29 is 18.4 Å². The van der Waals surface area contributed by atoms with E-state index < -0.39 is 5.82 Å². The van der Waals surface area contributed by atoms with Crippen LogP contribution in [0.2, 0.25) is 5.02 Å². The molecule has 1 heterocycles. The Hall–Kier alpha value is -3.13. The highest BCUT2D eigenvalue weighted by atomic mass is 35.5. The Morgan fingerprint density at radius 2 is 2.07 bits per heavy atom. The second-order valence-electron chi connectivity index (χ2n) is 5.96. The summed E-state index contributed by atoms with van der Waals surface area (Å²) in [5, 5.41) is 7.12. The molecule has 3 aromatic rings. The third-order valence-electron chi connectivity index (χ3n) is 3.78. The first-order chi connectivity index (χ1) is 13.5. The van der Waals surface area contributed by atoms with Crippen molar-refractivity contribution >= 4 is 23.3 Å². The molecular formula is C19H18ClFN4O3. The van der Waals surface area contributed by atoms with Gasteiger partial charge >= 0.3 is 6.03 Å². The number of nitrogens with zero attached hydrogens (tertiary/aromatic N) is 3. The summed E-state index contributed by atoms with van der Waals surface area (Å²) in [7, 11) is 1.62. The van der Waals surface area contributed by atoms with Crippen LogP contribution in [-0.2, 0) is 13.0 Å². The third-order valence-corrected chi connectivity index (χ3v) is 4.03. The highest BCUT2D eigenvalue weighted by molar-refractivity contribution is 6.30. The molecule has 2 aromatic carbocycles. The third kappa shape index (κ3) is 5.68. The van der Waals surface area contributed by atoms with Crippen LogP contribution in [0.25, 0.3) is 0 Å². The van der Waals surface area contributed by atoms with E-state index in [4.69, 9.17) is 20.9 Å². The van der Waals surface area contributed by atoms with Gasteiger partial charge in [0, 0.05) is 30.7 Å². The molecular weight excluding hydrogens is 387 g/mol. The molecule has 3 rings (SSSR count). The van der Waals surface area contributed by atoms with E-state index in [1.165, 1.54) is 23.1 Å². The van der Waals surface area contributed by atoms with Crippen LogP contribution in [0.15, 0.2) is 53.1 Å². The Morgan fingerprint density at radius 3 is 2.82 bits per heavy atom. The number of halogens is 2. The largest absolute Gasteiger partial charge is 0.484 e.